The Labute approximate surface area is 137 Å². The van der Waals surface area contributed by atoms with E-state index >= 15 is 0 Å². The van der Waals surface area contributed by atoms with Gasteiger partial charge in [-0.1, -0.05) is 53.5 Å². The van der Waals surface area contributed by atoms with Crippen LogP contribution in [0.2, 0.25) is 10.0 Å². The molecule has 0 unspecified atom stereocenters. The predicted octanol–water partition coefficient (Wildman–Crippen LogP) is 5.76. The number of halogens is 2. The van der Waals surface area contributed by atoms with Gasteiger partial charge in [0.25, 0.3) is 0 Å². The number of fused-ring (bicyclic) bond motifs is 1. The van der Waals surface area contributed by atoms with Crippen molar-refractivity contribution in [2.24, 2.45) is 0 Å². The van der Waals surface area contributed by atoms with Crippen molar-refractivity contribution in [3.8, 4) is 5.75 Å². The van der Waals surface area contributed by atoms with Gasteiger partial charge < -0.3 is 4.74 Å². The fraction of sp³-hybridized carbons (Fsp3) is 0. The van der Waals surface area contributed by atoms with Gasteiger partial charge in [0.05, 0.1) is 0 Å². The van der Waals surface area contributed by atoms with Crippen molar-refractivity contribution in [2.45, 2.75) is 0 Å². The lowest BCUT2D eigenvalue weighted by atomic mass is 10.1. The van der Waals surface area contributed by atoms with E-state index in [2.05, 4.69) is 5.32 Å². The third-order valence-corrected chi connectivity index (χ3v) is 3.67. The molecular formula is C17H11Cl2NO2. The molecule has 0 aromatic heterocycles. The van der Waals surface area contributed by atoms with Gasteiger partial charge in [0, 0.05) is 26.5 Å². The van der Waals surface area contributed by atoms with E-state index in [4.69, 9.17) is 27.9 Å². The Morgan fingerprint density at radius 3 is 2.45 bits per heavy atom. The Morgan fingerprint density at radius 2 is 1.68 bits per heavy atom. The van der Waals surface area contributed by atoms with Crippen LogP contribution in [0.15, 0.2) is 60.7 Å². The lowest BCUT2D eigenvalue weighted by Gasteiger charge is -2.10. The summed E-state index contributed by atoms with van der Waals surface area (Å²) in [4.78, 5) is 12.0. The molecule has 1 amide bonds. The summed E-state index contributed by atoms with van der Waals surface area (Å²) in [5, 5.41) is 5.38. The summed E-state index contributed by atoms with van der Waals surface area (Å²) in [5.41, 5.74) is 0.566. The molecule has 0 atom stereocenters. The van der Waals surface area contributed by atoms with Gasteiger partial charge in [-0.3, -0.25) is 5.32 Å². The summed E-state index contributed by atoms with van der Waals surface area (Å²) in [6.07, 6.45) is -0.588. The fourth-order valence-corrected chi connectivity index (χ4v) is 2.55. The lowest BCUT2D eigenvalue weighted by molar-refractivity contribution is 0.215. The predicted molar refractivity (Wildman–Crippen MR) is 90.1 cm³/mol. The highest BCUT2D eigenvalue weighted by atomic mass is 35.5. The summed E-state index contributed by atoms with van der Waals surface area (Å²) >= 11 is 12.0. The van der Waals surface area contributed by atoms with E-state index in [1.54, 1.807) is 36.4 Å². The molecule has 3 aromatic carbocycles. The first-order chi connectivity index (χ1) is 10.6. The summed E-state index contributed by atoms with van der Waals surface area (Å²) < 4.78 is 5.37. The molecule has 0 saturated heterocycles. The molecule has 3 rings (SSSR count). The molecule has 1 N–H and O–H groups in total. The van der Waals surface area contributed by atoms with Crippen molar-refractivity contribution in [1.29, 1.82) is 0 Å². The average molecular weight is 332 g/mol. The van der Waals surface area contributed by atoms with Crippen molar-refractivity contribution >= 4 is 45.8 Å². The van der Waals surface area contributed by atoms with Gasteiger partial charge in [-0.2, -0.15) is 0 Å². The van der Waals surface area contributed by atoms with E-state index in [-0.39, 0.29) is 0 Å². The number of hydrogen-bond donors (Lipinski definition) is 1. The minimum Gasteiger partial charge on any atom is -0.409 e. The smallest absolute Gasteiger partial charge is 0.409 e. The van der Waals surface area contributed by atoms with Crippen LogP contribution in [0.4, 0.5) is 10.5 Å². The number of rotatable bonds is 2. The van der Waals surface area contributed by atoms with Crippen LogP contribution in [-0.2, 0) is 0 Å². The molecule has 0 aliphatic carbocycles. The van der Waals surface area contributed by atoms with E-state index in [9.17, 15) is 4.79 Å². The molecule has 22 heavy (non-hydrogen) atoms. The van der Waals surface area contributed by atoms with E-state index in [1.165, 1.54) is 0 Å². The molecule has 0 bridgehead atoms. The van der Waals surface area contributed by atoms with Crippen LogP contribution >= 0.6 is 23.2 Å². The van der Waals surface area contributed by atoms with E-state index in [1.807, 2.05) is 24.3 Å². The molecule has 0 radical (unpaired) electrons. The number of ether oxygens (including phenoxy) is 1. The van der Waals surface area contributed by atoms with Gasteiger partial charge >= 0.3 is 6.09 Å². The molecule has 0 fully saturated rings. The summed E-state index contributed by atoms with van der Waals surface area (Å²) in [6.45, 7) is 0. The normalized spacial score (nSPS) is 10.5. The molecule has 3 nitrogen and oxygen atoms in total. The Hall–Kier alpha value is -2.23. The Morgan fingerprint density at radius 1 is 0.909 bits per heavy atom. The molecule has 3 aromatic rings. The van der Waals surface area contributed by atoms with E-state index in [0.29, 0.717) is 21.5 Å². The highest BCUT2D eigenvalue weighted by molar-refractivity contribution is 6.35. The number of amides is 1. The highest BCUT2D eigenvalue weighted by Gasteiger charge is 2.10. The largest absolute Gasteiger partial charge is 0.417 e. The van der Waals surface area contributed by atoms with E-state index < -0.39 is 6.09 Å². The van der Waals surface area contributed by atoms with Crippen molar-refractivity contribution in [3.63, 3.8) is 0 Å². The molecule has 5 heteroatoms. The number of benzene rings is 3. The summed E-state index contributed by atoms with van der Waals surface area (Å²) in [5.74, 6) is 0.444. The maximum Gasteiger partial charge on any atom is 0.417 e. The monoisotopic (exact) mass is 331 g/mol. The topological polar surface area (TPSA) is 38.3 Å². The van der Waals surface area contributed by atoms with Gasteiger partial charge in [0.15, 0.2) is 0 Å². The highest BCUT2D eigenvalue weighted by Crippen LogP contribution is 2.31. The third kappa shape index (κ3) is 3.16. The first-order valence-electron chi connectivity index (χ1n) is 6.55. The fourth-order valence-electron chi connectivity index (χ4n) is 2.13. The van der Waals surface area contributed by atoms with Crippen LogP contribution in [-0.4, -0.2) is 6.09 Å². The lowest BCUT2D eigenvalue weighted by Crippen LogP contribution is -2.16. The molecule has 0 saturated carbocycles. The number of nitrogens with one attached hydrogen (secondary N) is 1. The second-order valence-corrected chi connectivity index (χ2v) is 5.46. The average Bonchev–Trinajstić information content (AvgIpc) is 2.50. The Balaban J connectivity index is 1.84. The zero-order chi connectivity index (χ0) is 15.5. The van der Waals surface area contributed by atoms with Crippen molar-refractivity contribution in [3.05, 3.63) is 70.7 Å². The molecule has 110 valence electrons. The number of anilines is 1. The van der Waals surface area contributed by atoms with Crippen molar-refractivity contribution in [2.75, 3.05) is 5.32 Å². The zero-order valence-corrected chi connectivity index (χ0v) is 12.9. The van der Waals surface area contributed by atoms with Crippen LogP contribution in [0.25, 0.3) is 10.8 Å². The molecule has 0 heterocycles. The molecule has 0 spiro atoms. The second kappa shape index (κ2) is 6.26. The molecule has 0 aliphatic heterocycles. The standard InChI is InChI=1S/C17H11Cl2NO2/c18-11-4-3-5-12(10-11)20-17(21)22-16-9-8-15(19)13-6-1-2-7-14(13)16/h1-10H,(H,20,21). The summed E-state index contributed by atoms with van der Waals surface area (Å²) in [7, 11) is 0. The minimum atomic E-state index is -0.588. The van der Waals surface area contributed by atoms with Gasteiger partial charge in [-0.15, -0.1) is 0 Å². The van der Waals surface area contributed by atoms with Gasteiger partial charge in [-0.25, -0.2) is 4.79 Å². The Kier molecular flexibility index (Phi) is 4.18. The number of hydrogen-bond acceptors (Lipinski definition) is 2. The SMILES string of the molecule is O=C(Nc1cccc(Cl)c1)Oc1ccc(Cl)c2ccccc12. The number of carbonyl (C=O) groups is 1. The van der Waals surface area contributed by atoms with Crippen LogP contribution in [0.3, 0.4) is 0 Å². The first kappa shape index (κ1) is 14.7. The minimum absolute atomic E-state index is 0.444. The van der Waals surface area contributed by atoms with Gasteiger partial charge in [0.2, 0.25) is 0 Å². The maximum absolute atomic E-state index is 12.0. The van der Waals surface area contributed by atoms with Crippen molar-refractivity contribution < 1.29 is 9.53 Å². The van der Waals surface area contributed by atoms with Crippen LogP contribution < -0.4 is 10.1 Å². The van der Waals surface area contributed by atoms with Crippen LogP contribution in [0.5, 0.6) is 5.75 Å². The van der Waals surface area contributed by atoms with Crippen LogP contribution in [0.1, 0.15) is 0 Å². The molecular weight excluding hydrogens is 321 g/mol. The zero-order valence-electron chi connectivity index (χ0n) is 11.3. The molecule has 0 aliphatic rings. The summed E-state index contributed by atoms with van der Waals surface area (Å²) in [6, 6.07) is 17.7. The van der Waals surface area contributed by atoms with Crippen LogP contribution in [0, 0.1) is 0 Å². The quantitative estimate of drug-likeness (QED) is 0.648. The third-order valence-electron chi connectivity index (χ3n) is 3.10. The van der Waals surface area contributed by atoms with Gasteiger partial charge in [0.1, 0.15) is 5.75 Å². The number of carbonyl (C=O) groups excluding carboxylic acids is 1. The van der Waals surface area contributed by atoms with Crippen molar-refractivity contribution in [1.82, 2.24) is 0 Å². The van der Waals surface area contributed by atoms with E-state index in [0.717, 1.165) is 10.8 Å². The second-order valence-electron chi connectivity index (χ2n) is 4.62. The Bertz CT molecular complexity index is 849. The van der Waals surface area contributed by atoms with Gasteiger partial charge in [-0.05, 0) is 30.3 Å². The maximum atomic E-state index is 12.0. The first-order valence-corrected chi connectivity index (χ1v) is 7.31.